The fourth-order valence-corrected chi connectivity index (χ4v) is 3.89. The van der Waals surface area contributed by atoms with E-state index in [9.17, 15) is 9.59 Å². The van der Waals surface area contributed by atoms with Crippen molar-refractivity contribution in [1.82, 2.24) is 4.90 Å². The number of nitrogens with zero attached hydrogens (tertiary/aromatic N) is 2. The predicted molar refractivity (Wildman–Crippen MR) is 91.2 cm³/mol. The SMILES string of the molecule is CC1CN(C(=O)C2CC(=O)N(c3ccccc3Br)C2)CC(C)O1. The lowest BCUT2D eigenvalue weighted by molar-refractivity contribution is -0.147. The largest absolute Gasteiger partial charge is 0.372 e. The summed E-state index contributed by atoms with van der Waals surface area (Å²) < 4.78 is 6.55. The predicted octanol–water partition coefficient (Wildman–Crippen LogP) is 2.44. The molecule has 23 heavy (non-hydrogen) atoms. The van der Waals surface area contributed by atoms with Gasteiger partial charge in [0.05, 0.1) is 23.8 Å². The van der Waals surface area contributed by atoms with Gasteiger partial charge in [0, 0.05) is 30.5 Å². The Morgan fingerprint density at radius 2 is 1.83 bits per heavy atom. The molecule has 6 heteroatoms. The summed E-state index contributed by atoms with van der Waals surface area (Å²) in [5.41, 5.74) is 0.830. The van der Waals surface area contributed by atoms with E-state index >= 15 is 0 Å². The first-order valence-corrected chi connectivity index (χ1v) is 8.74. The Hall–Kier alpha value is -1.40. The van der Waals surface area contributed by atoms with Crippen molar-refractivity contribution in [3.63, 3.8) is 0 Å². The van der Waals surface area contributed by atoms with E-state index in [0.29, 0.717) is 19.6 Å². The van der Waals surface area contributed by atoms with E-state index in [1.807, 2.05) is 43.0 Å². The molecule has 0 spiro atoms. The Morgan fingerprint density at radius 3 is 2.48 bits per heavy atom. The van der Waals surface area contributed by atoms with Crippen LogP contribution in [0.3, 0.4) is 0 Å². The van der Waals surface area contributed by atoms with Gasteiger partial charge in [-0.3, -0.25) is 9.59 Å². The molecule has 0 saturated carbocycles. The van der Waals surface area contributed by atoms with Gasteiger partial charge in [0.1, 0.15) is 0 Å². The van der Waals surface area contributed by atoms with Gasteiger partial charge in [-0.05, 0) is 41.9 Å². The van der Waals surface area contributed by atoms with Gasteiger partial charge in [0.15, 0.2) is 0 Å². The van der Waals surface area contributed by atoms with Crippen LogP contribution in [-0.4, -0.2) is 48.6 Å². The van der Waals surface area contributed by atoms with Crippen LogP contribution in [-0.2, 0) is 14.3 Å². The highest BCUT2D eigenvalue weighted by atomic mass is 79.9. The van der Waals surface area contributed by atoms with Crippen molar-refractivity contribution < 1.29 is 14.3 Å². The fourth-order valence-electron chi connectivity index (χ4n) is 3.39. The molecule has 2 amide bonds. The normalized spacial score (nSPS) is 28.3. The first kappa shape index (κ1) is 16.5. The van der Waals surface area contributed by atoms with Crippen molar-refractivity contribution in [2.24, 2.45) is 5.92 Å². The van der Waals surface area contributed by atoms with Crippen LogP contribution in [0.1, 0.15) is 20.3 Å². The van der Waals surface area contributed by atoms with Gasteiger partial charge in [-0.1, -0.05) is 12.1 Å². The van der Waals surface area contributed by atoms with Crippen LogP contribution in [0.15, 0.2) is 28.7 Å². The van der Waals surface area contributed by atoms with Crippen LogP contribution in [0.25, 0.3) is 0 Å². The standard InChI is InChI=1S/C17H21BrN2O3/c1-11-8-19(9-12(2)23-11)17(22)13-7-16(21)20(10-13)15-6-4-3-5-14(15)18/h3-6,11-13H,7-10H2,1-2H3. The maximum Gasteiger partial charge on any atom is 0.228 e. The Labute approximate surface area is 144 Å². The lowest BCUT2D eigenvalue weighted by Crippen LogP contribution is -2.50. The minimum absolute atomic E-state index is 0.00427. The van der Waals surface area contributed by atoms with E-state index in [0.717, 1.165) is 10.2 Å². The zero-order valence-corrected chi connectivity index (χ0v) is 15.0. The molecule has 0 aromatic heterocycles. The minimum atomic E-state index is -0.271. The molecule has 0 bridgehead atoms. The minimum Gasteiger partial charge on any atom is -0.372 e. The average molecular weight is 381 g/mol. The Bertz CT molecular complexity index is 612. The van der Waals surface area contributed by atoms with Crippen LogP contribution >= 0.6 is 15.9 Å². The molecular formula is C17H21BrN2O3. The summed E-state index contributed by atoms with van der Waals surface area (Å²) in [7, 11) is 0. The summed E-state index contributed by atoms with van der Waals surface area (Å²) in [6, 6.07) is 7.61. The third-order valence-electron chi connectivity index (χ3n) is 4.35. The lowest BCUT2D eigenvalue weighted by Gasteiger charge is -2.36. The second-order valence-electron chi connectivity index (χ2n) is 6.36. The number of benzene rings is 1. The smallest absolute Gasteiger partial charge is 0.228 e. The van der Waals surface area contributed by atoms with Crippen LogP contribution < -0.4 is 4.90 Å². The molecular weight excluding hydrogens is 360 g/mol. The highest BCUT2D eigenvalue weighted by molar-refractivity contribution is 9.10. The molecule has 2 heterocycles. The van der Waals surface area contributed by atoms with Crippen molar-refractivity contribution in [2.75, 3.05) is 24.5 Å². The van der Waals surface area contributed by atoms with Crippen molar-refractivity contribution in [1.29, 1.82) is 0 Å². The Balaban J connectivity index is 1.72. The number of hydrogen-bond acceptors (Lipinski definition) is 3. The van der Waals surface area contributed by atoms with Gasteiger partial charge in [-0.25, -0.2) is 0 Å². The molecule has 5 nitrogen and oxygen atoms in total. The first-order valence-electron chi connectivity index (χ1n) is 7.95. The van der Waals surface area contributed by atoms with Gasteiger partial charge in [-0.15, -0.1) is 0 Å². The van der Waals surface area contributed by atoms with Crippen molar-refractivity contribution in [3.8, 4) is 0 Å². The zero-order chi connectivity index (χ0) is 16.6. The quantitative estimate of drug-likeness (QED) is 0.791. The number of rotatable bonds is 2. The summed E-state index contributed by atoms with van der Waals surface area (Å²) >= 11 is 3.48. The van der Waals surface area contributed by atoms with Crippen molar-refractivity contribution in [3.05, 3.63) is 28.7 Å². The maximum atomic E-state index is 12.8. The third-order valence-corrected chi connectivity index (χ3v) is 5.02. The number of hydrogen-bond donors (Lipinski definition) is 0. The second-order valence-corrected chi connectivity index (χ2v) is 7.21. The molecule has 3 rings (SSSR count). The molecule has 1 aromatic rings. The van der Waals surface area contributed by atoms with Crippen LogP contribution in [0.5, 0.6) is 0 Å². The molecule has 3 unspecified atom stereocenters. The highest BCUT2D eigenvalue weighted by Crippen LogP contribution is 2.32. The van der Waals surface area contributed by atoms with E-state index < -0.39 is 0 Å². The van der Waals surface area contributed by atoms with Crippen LogP contribution in [0.2, 0.25) is 0 Å². The summed E-state index contributed by atoms with van der Waals surface area (Å²) in [6.07, 6.45) is 0.360. The number of halogens is 1. The van der Waals surface area contributed by atoms with E-state index in [4.69, 9.17) is 4.74 Å². The number of amides is 2. The molecule has 2 aliphatic rings. The monoisotopic (exact) mass is 380 g/mol. The molecule has 3 atom stereocenters. The number of morpholine rings is 1. The van der Waals surface area contributed by atoms with Gasteiger partial charge in [-0.2, -0.15) is 0 Å². The first-order chi connectivity index (χ1) is 11.0. The lowest BCUT2D eigenvalue weighted by atomic mass is 10.1. The molecule has 2 aliphatic heterocycles. The molecule has 0 aliphatic carbocycles. The second kappa shape index (κ2) is 6.61. The number of carbonyl (C=O) groups is 2. The fraction of sp³-hybridized carbons (Fsp3) is 0.529. The van der Waals surface area contributed by atoms with Gasteiger partial charge >= 0.3 is 0 Å². The Kier molecular flexibility index (Phi) is 4.73. The average Bonchev–Trinajstić information content (AvgIpc) is 2.88. The number of ether oxygens (including phenoxy) is 1. The van der Waals surface area contributed by atoms with E-state index in [2.05, 4.69) is 15.9 Å². The number of carbonyl (C=O) groups excluding carboxylic acids is 2. The highest BCUT2D eigenvalue weighted by Gasteiger charge is 2.39. The van der Waals surface area contributed by atoms with Crippen molar-refractivity contribution in [2.45, 2.75) is 32.5 Å². The summed E-state index contributed by atoms with van der Waals surface area (Å²) in [5, 5.41) is 0. The summed E-state index contributed by atoms with van der Waals surface area (Å²) in [5.74, 6) is -0.202. The van der Waals surface area contributed by atoms with Gasteiger partial charge in [0.25, 0.3) is 0 Å². The van der Waals surface area contributed by atoms with E-state index in [1.165, 1.54) is 0 Å². The van der Waals surface area contributed by atoms with Crippen molar-refractivity contribution >= 4 is 33.4 Å². The van der Waals surface area contributed by atoms with Gasteiger partial charge in [0.2, 0.25) is 11.8 Å². The summed E-state index contributed by atoms with van der Waals surface area (Å²) in [6.45, 7) is 5.60. The third kappa shape index (κ3) is 3.43. The zero-order valence-electron chi connectivity index (χ0n) is 13.4. The molecule has 0 radical (unpaired) electrons. The molecule has 2 saturated heterocycles. The van der Waals surface area contributed by atoms with Crippen LogP contribution in [0.4, 0.5) is 5.69 Å². The van der Waals surface area contributed by atoms with Gasteiger partial charge < -0.3 is 14.5 Å². The van der Waals surface area contributed by atoms with E-state index in [-0.39, 0.29) is 36.4 Å². The molecule has 2 fully saturated rings. The molecule has 1 aromatic carbocycles. The summed E-state index contributed by atoms with van der Waals surface area (Å²) in [4.78, 5) is 28.7. The molecule has 124 valence electrons. The molecule has 0 N–H and O–H groups in total. The number of anilines is 1. The van der Waals surface area contributed by atoms with Crippen LogP contribution in [0, 0.1) is 5.92 Å². The van der Waals surface area contributed by atoms with E-state index in [1.54, 1.807) is 4.90 Å². The topological polar surface area (TPSA) is 49.9 Å². The maximum absolute atomic E-state index is 12.8. The Morgan fingerprint density at radius 1 is 1.17 bits per heavy atom. The number of para-hydroxylation sites is 1.